The zero-order valence-corrected chi connectivity index (χ0v) is 11.5. The molecule has 5 heteroatoms. The van der Waals surface area contributed by atoms with Crippen molar-refractivity contribution in [3.8, 4) is 0 Å². The number of Topliss-reactive ketones (excluding diaryl/α,β-unsaturated/α-hetero) is 1. The van der Waals surface area contributed by atoms with Crippen molar-refractivity contribution in [3.05, 3.63) is 35.9 Å². The van der Waals surface area contributed by atoms with Crippen LogP contribution in [0.25, 0.3) is 0 Å². The van der Waals surface area contributed by atoms with Gasteiger partial charge in [-0.2, -0.15) is 0 Å². The maximum absolute atomic E-state index is 13.8. The molecule has 0 aromatic heterocycles. The second-order valence-corrected chi connectivity index (χ2v) is 5.20. The molecule has 1 unspecified atom stereocenters. The number of halogens is 1. The average molecular weight is 267 g/mol. The summed E-state index contributed by atoms with van der Waals surface area (Å²) in [6, 6.07) is 7.02. The molecule has 0 saturated heterocycles. The van der Waals surface area contributed by atoms with Gasteiger partial charge in [-0.15, -0.1) is 5.12 Å². The monoisotopic (exact) mass is 267 g/mol. The molecule has 1 amide bonds. The lowest BCUT2D eigenvalue weighted by Gasteiger charge is -2.24. The Morgan fingerprint density at radius 2 is 1.74 bits per heavy atom. The van der Waals surface area contributed by atoms with Crippen LogP contribution >= 0.6 is 0 Å². The third-order valence-electron chi connectivity index (χ3n) is 2.35. The topological polar surface area (TPSA) is 46.6 Å². The van der Waals surface area contributed by atoms with Crippen molar-refractivity contribution in [1.29, 1.82) is 0 Å². The van der Waals surface area contributed by atoms with E-state index >= 15 is 0 Å². The number of amides is 1. The lowest BCUT2D eigenvalue weighted by molar-refractivity contribution is -0.0434. The number of hydrogen-bond donors (Lipinski definition) is 0. The maximum Gasteiger partial charge on any atom is 0.439 e. The highest BCUT2D eigenvalue weighted by Gasteiger charge is 2.30. The summed E-state index contributed by atoms with van der Waals surface area (Å²) >= 11 is 0. The molecule has 1 rings (SSSR count). The third kappa shape index (κ3) is 4.35. The van der Waals surface area contributed by atoms with Crippen molar-refractivity contribution in [2.45, 2.75) is 39.3 Å². The smallest absolute Gasteiger partial charge is 0.439 e. The van der Waals surface area contributed by atoms with Gasteiger partial charge in [0, 0.05) is 5.56 Å². The van der Waals surface area contributed by atoms with E-state index in [0.717, 1.165) is 0 Å². The Hall–Kier alpha value is -1.91. The predicted octanol–water partition coefficient (Wildman–Crippen LogP) is 3.38. The summed E-state index contributed by atoms with van der Waals surface area (Å²) in [5.74, 6) is -0.478. The highest BCUT2D eigenvalue weighted by Crippen LogP contribution is 2.15. The van der Waals surface area contributed by atoms with Gasteiger partial charge in [0.2, 0.25) is 0 Å². The van der Waals surface area contributed by atoms with Gasteiger partial charge in [-0.05, 0) is 27.7 Å². The van der Waals surface area contributed by atoms with Gasteiger partial charge in [0.05, 0.1) is 0 Å². The van der Waals surface area contributed by atoms with Crippen LogP contribution in [0.2, 0.25) is 0 Å². The van der Waals surface area contributed by atoms with Gasteiger partial charge in [-0.3, -0.25) is 4.79 Å². The molecule has 0 aliphatic carbocycles. The molecular weight excluding hydrogens is 249 g/mol. The zero-order valence-electron chi connectivity index (χ0n) is 11.5. The third-order valence-corrected chi connectivity index (χ3v) is 2.35. The van der Waals surface area contributed by atoms with E-state index in [1.807, 2.05) is 0 Å². The van der Waals surface area contributed by atoms with Crippen molar-refractivity contribution < 1.29 is 18.8 Å². The van der Waals surface area contributed by atoms with E-state index in [0.29, 0.717) is 5.56 Å². The number of hydrogen-bond acceptors (Lipinski definition) is 3. The fourth-order valence-corrected chi connectivity index (χ4v) is 1.41. The molecule has 19 heavy (non-hydrogen) atoms. The number of nitrogens with zero attached hydrogens (tertiary/aromatic N) is 1. The summed E-state index contributed by atoms with van der Waals surface area (Å²) in [4.78, 5) is 23.5. The van der Waals surface area contributed by atoms with Gasteiger partial charge in [0.15, 0.2) is 5.78 Å². The van der Waals surface area contributed by atoms with Gasteiger partial charge >= 0.3 is 6.09 Å². The summed E-state index contributed by atoms with van der Waals surface area (Å²) in [5, 5.41) is -0.180. The molecule has 0 radical (unpaired) electrons. The summed E-state index contributed by atoms with van der Waals surface area (Å²) in [6.07, 6.45) is -1.16. The van der Waals surface area contributed by atoms with E-state index in [2.05, 4.69) is 0 Å². The van der Waals surface area contributed by atoms with E-state index in [1.165, 1.54) is 6.92 Å². The molecule has 0 aliphatic heterocycles. The number of carbonyl (C=O) groups is 2. The molecule has 0 aliphatic rings. The molecular formula is C14H18FNO3. The molecule has 1 aromatic carbocycles. The molecule has 1 atom stereocenters. The molecule has 1 aromatic rings. The van der Waals surface area contributed by atoms with Gasteiger partial charge in [-0.1, -0.05) is 34.8 Å². The van der Waals surface area contributed by atoms with E-state index in [4.69, 9.17) is 4.74 Å². The quantitative estimate of drug-likeness (QED) is 0.623. The van der Waals surface area contributed by atoms with Crippen LogP contribution in [-0.2, 0) is 4.74 Å². The molecule has 0 N–H and O–H groups in total. The van der Waals surface area contributed by atoms with Crippen LogP contribution in [0.5, 0.6) is 0 Å². The van der Waals surface area contributed by atoms with Crippen LogP contribution in [0.4, 0.5) is 9.28 Å². The molecule has 0 spiro atoms. The average Bonchev–Trinajstić information content (AvgIpc) is 2.35. The van der Waals surface area contributed by atoms with Crippen LogP contribution in [0.15, 0.2) is 30.3 Å². The van der Waals surface area contributed by atoms with Crippen molar-refractivity contribution in [3.63, 3.8) is 0 Å². The highest BCUT2D eigenvalue weighted by molar-refractivity contribution is 6.00. The summed E-state index contributed by atoms with van der Waals surface area (Å²) in [7, 11) is 0. The van der Waals surface area contributed by atoms with Crippen molar-refractivity contribution in [1.82, 2.24) is 5.12 Å². The van der Waals surface area contributed by atoms with E-state index in [1.54, 1.807) is 51.1 Å². The summed E-state index contributed by atoms with van der Waals surface area (Å²) in [5.41, 5.74) is -0.460. The van der Waals surface area contributed by atoms with Gasteiger partial charge < -0.3 is 4.74 Å². The minimum atomic E-state index is -1.22. The fourth-order valence-electron chi connectivity index (χ4n) is 1.41. The Kier molecular flexibility index (Phi) is 4.64. The van der Waals surface area contributed by atoms with Gasteiger partial charge in [-0.25, -0.2) is 4.79 Å². The second kappa shape index (κ2) is 5.82. The number of carbonyl (C=O) groups excluding carboxylic acids is 2. The number of ketones is 1. The SMILES string of the molecule is CC(C(=O)c1ccccc1)N(F)C(=O)OC(C)(C)C. The molecule has 4 nitrogen and oxygen atoms in total. The van der Waals surface area contributed by atoms with E-state index < -0.39 is 23.5 Å². The normalized spacial score (nSPS) is 12.7. The summed E-state index contributed by atoms with van der Waals surface area (Å²) < 4.78 is 18.7. The number of ether oxygens (including phenoxy) is 1. The minimum Gasteiger partial charge on any atom is -0.442 e. The lowest BCUT2D eigenvalue weighted by atomic mass is 10.1. The lowest BCUT2D eigenvalue weighted by Crippen LogP contribution is -2.40. The van der Waals surface area contributed by atoms with Crippen LogP contribution in [0.3, 0.4) is 0 Å². The minimum absolute atomic E-state index is 0.180. The van der Waals surface area contributed by atoms with Crippen LogP contribution in [0, 0.1) is 0 Å². The van der Waals surface area contributed by atoms with Crippen molar-refractivity contribution in [2.24, 2.45) is 0 Å². The molecule has 0 bridgehead atoms. The standard InChI is InChI=1S/C14H18FNO3/c1-10(12(17)11-8-6-5-7-9-11)16(15)13(18)19-14(2,3)4/h5-10H,1-4H3. The maximum atomic E-state index is 13.8. The molecule has 0 heterocycles. The van der Waals surface area contributed by atoms with Crippen LogP contribution < -0.4 is 0 Å². The predicted molar refractivity (Wildman–Crippen MR) is 69.4 cm³/mol. The van der Waals surface area contributed by atoms with Gasteiger partial charge in [0.25, 0.3) is 0 Å². The number of benzene rings is 1. The van der Waals surface area contributed by atoms with E-state index in [9.17, 15) is 14.1 Å². The Morgan fingerprint density at radius 3 is 2.21 bits per heavy atom. The highest BCUT2D eigenvalue weighted by atomic mass is 19.2. The first-order valence-corrected chi connectivity index (χ1v) is 5.99. The first kappa shape index (κ1) is 15.1. The first-order chi connectivity index (χ1) is 8.72. The second-order valence-electron chi connectivity index (χ2n) is 5.20. The Balaban J connectivity index is 2.75. The van der Waals surface area contributed by atoms with Crippen LogP contribution in [-0.4, -0.2) is 28.6 Å². The Morgan fingerprint density at radius 1 is 1.21 bits per heavy atom. The van der Waals surface area contributed by atoms with E-state index in [-0.39, 0.29) is 5.12 Å². The zero-order chi connectivity index (χ0) is 14.6. The van der Waals surface area contributed by atoms with Crippen molar-refractivity contribution in [2.75, 3.05) is 0 Å². The van der Waals surface area contributed by atoms with Crippen LogP contribution in [0.1, 0.15) is 38.1 Å². The summed E-state index contributed by atoms with van der Waals surface area (Å²) in [6.45, 7) is 6.20. The van der Waals surface area contributed by atoms with Gasteiger partial charge in [0.1, 0.15) is 11.6 Å². The largest absolute Gasteiger partial charge is 0.442 e. The number of rotatable bonds is 3. The molecule has 0 fully saturated rings. The molecule has 104 valence electrons. The van der Waals surface area contributed by atoms with Crippen molar-refractivity contribution >= 4 is 11.9 Å². The Labute approximate surface area is 112 Å². The molecule has 0 saturated carbocycles. The first-order valence-electron chi connectivity index (χ1n) is 5.99. The Bertz CT molecular complexity index is 454. The fraction of sp³-hybridized carbons (Fsp3) is 0.429.